The molecule has 3 rings (SSSR count). The van der Waals surface area contributed by atoms with E-state index < -0.39 is 32.7 Å². The van der Waals surface area contributed by atoms with Gasteiger partial charge in [-0.1, -0.05) is 41.9 Å². The highest BCUT2D eigenvalue weighted by molar-refractivity contribution is 7.92. The Labute approximate surface area is 188 Å². The molecule has 0 radical (unpaired) electrons. The Hall–Kier alpha value is -3.04. The summed E-state index contributed by atoms with van der Waals surface area (Å²) in [6.07, 6.45) is -3.58. The van der Waals surface area contributed by atoms with E-state index in [4.69, 9.17) is 11.6 Å². The number of hydrogen-bond acceptors (Lipinski definition) is 3. The van der Waals surface area contributed by atoms with Crippen molar-refractivity contribution in [2.45, 2.75) is 12.7 Å². The molecule has 0 spiro atoms. The summed E-state index contributed by atoms with van der Waals surface area (Å²) in [6, 6.07) is 17.8. The van der Waals surface area contributed by atoms with Gasteiger partial charge in [0.05, 0.1) is 29.1 Å². The van der Waals surface area contributed by atoms with Crippen LogP contribution >= 0.6 is 11.6 Å². The van der Waals surface area contributed by atoms with E-state index in [1.165, 1.54) is 34.6 Å². The first-order valence-electron chi connectivity index (χ1n) is 9.25. The van der Waals surface area contributed by atoms with E-state index in [2.05, 4.69) is 5.32 Å². The van der Waals surface area contributed by atoms with Gasteiger partial charge in [-0.2, -0.15) is 13.2 Å². The van der Waals surface area contributed by atoms with Gasteiger partial charge in [0.25, 0.3) is 5.91 Å². The Morgan fingerprint density at radius 3 is 2.19 bits per heavy atom. The topological polar surface area (TPSA) is 66.5 Å². The average Bonchev–Trinajstić information content (AvgIpc) is 2.72. The zero-order chi connectivity index (χ0) is 23.5. The number of anilines is 2. The van der Waals surface area contributed by atoms with Gasteiger partial charge in [-0.3, -0.25) is 9.10 Å². The third-order valence-electron chi connectivity index (χ3n) is 4.52. The molecule has 1 N–H and O–H groups in total. The van der Waals surface area contributed by atoms with E-state index in [1.807, 2.05) is 6.07 Å². The van der Waals surface area contributed by atoms with Crippen molar-refractivity contribution in [3.8, 4) is 0 Å². The molecule has 0 fully saturated rings. The minimum absolute atomic E-state index is 0.0716. The molecule has 0 atom stereocenters. The minimum Gasteiger partial charge on any atom is -0.322 e. The van der Waals surface area contributed by atoms with Crippen LogP contribution < -0.4 is 9.62 Å². The largest absolute Gasteiger partial charge is 0.417 e. The van der Waals surface area contributed by atoms with E-state index in [-0.39, 0.29) is 17.8 Å². The average molecular weight is 483 g/mol. The predicted octanol–water partition coefficient (Wildman–Crippen LogP) is 5.58. The summed E-state index contributed by atoms with van der Waals surface area (Å²) >= 11 is 5.59. The molecule has 5 nitrogen and oxygen atoms in total. The minimum atomic E-state index is -4.66. The first-order valence-corrected chi connectivity index (χ1v) is 11.5. The number of carbonyl (C=O) groups excluding carboxylic acids is 1. The lowest BCUT2D eigenvalue weighted by atomic mass is 10.1. The number of sulfonamides is 1. The van der Waals surface area contributed by atoms with Crippen LogP contribution in [-0.4, -0.2) is 20.6 Å². The zero-order valence-electron chi connectivity index (χ0n) is 16.7. The van der Waals surface area contributed by atoms with Crippen LogP contribution in [0.2, 0.25) is 5.02 Å². The van der Waals surface area contributed by atoms with E-state index in [9.17, 15) is 26.4 Å². The third kappa shape index (κ3) is 5.80. The molecule has 1 amide bonds. The number of nitrogens with zero attached hydrogens (tertiary/aromatic N) is 1. The lowest BCUT2D eigenvalue weighted by molar-refractivity contribution is -0.137. The highest BCUT2D eigenvalue weighted by Crippen LogP contribution is 2.36. The molecular formula is C22H18ClF3N2O3S. The van der Waals surface area contributed by atoms with Crippen LogP contribution in [0.4, 0.5) is 24.5 Å². The van der Waals surface area contributed by atoms with Crippen molar-refractivity contribution in [3.63, 3.8) is 0 Å². The summed E-state index contributed by atoms with van der Waals surface area (Å²) < 4.78 is 64.8. The van der Waals surface area contributed by atoms with E-state index >= 15 is 0 Å². The number of nitrogens with one attached hydrogen (secondary N) is 1. The Bertz CT molecular complexity index is 1220. The Kier molecular flexibility index (Phi) is 6.80. The monoisotopic (exact) mass is 482 g/mol. The molecule has 0 aliphatic rings. The number of carbonyl (C=O) groups is 1. The van der Waals surface area contributed by atoms with Crippen molar-refractivity contribution in [3.05, 3.63) is 94.5 Å². The first kappa shape index (κ1) is 23.6. The summed E-state index contributed by atoms with van der Waals surface area (Å²) in [5, 5.41) is 1.91. The molecule has 10 heteroatoms. The standard InChI is InChI=1S/C22H18ClF3N2O3S/c1-32(30,31)28(14-15-5-3-2-4-6-15)18-10-7-16(8-11-18)21(29)27-17-9-12-20(23)19(13-17)22(24,25)26/h2-13H,14H2,1H3,(H,27,29). The Morgan fingerprint density at radius 1 is 1.00 bits per heavy atom. The number of halogens is 4. The van der Waals surface area contributed by atoms with Crippen LogP contribution in [-0.2, 0) is 22.7 Å². The van der Waals surface area contributed by atoms with Crippen LogP contribution in [0, 0.1) is 0 Å². The van der Waals surface area contributed by atoms with Crippen LogP contribution in [0.25, 0.3) is 0 Å². The number of amides is 1. The molecular weight excluding hydrogens is 465 g/mol. The summed E-state index contributed by atoms with van der Waals surface area (Å²) in [5.74, 6) is -0.652. The SMILES string of the molecule is CS(=O)(=O)N(Cc1ccccc1)c1ccc(C(=O)Nc2ccc(Cl)c(C(F)(F)F)c2)cc1. The summed E-state index contributed by atoms with van der Waals surface area (Å²) in [6.45, 7) is 0.107. The van der Waals surface area contributed by atoms with Gasteiger partial charge in [-0.15, -0.1) is 0 Å². The highest BCUT2D eigenvalue weighted by Gasteiger charge is 2.33. The van der Waals surface area contributed by atoms with E-state index in [0.29, 0.717) is 5.69 Å². The second-order valence-corrected chi connectivity index (χ2v) is 9.26. The zero-order valence-corrected chi connectivity index (χ0v) is 18.3. The summed E-state index contributed by atoms with van der Waals surface area (Å²) in [5.41, 5.74) is 0.141. The number of alkyl halides is 3. The van der Waals surface area contributed by atoms with Crippen LogP contribution in [0.5, 0.6) is 0 Å². The fraction of sp³-hybridized carbons (Fsp3) is 0.136. The van der Waals surface area contributed by atoms with Gasteiger partial charge in [0, 0.05) is 11.3 Å². The maximum atomic E-state index is 13.0. The van der Waals surface area contributed by atoms with Gasteiger partial charge >= 0.3 is 6.18 Å². The van der Waals surface area contributed by atoms with Crippen molar-refractivity contribution < 1.29 is 26.4 Å². The Morgan fingerprint density at radius 2 is 1.62 bits per heavy atom. The molecule has 0 aliphatic carbocycles. The number of benzene rings is 3. The second-order valence-electron chi connectivity index (χ2n) is 6.95. The van der Waals surface area contributed by atoms with Crippen LogP contribution in [0.3, 0.4) is 0 Å². The van der Waals surface area contributed by atoms with Crippen molar-refractivity contribution >= 4 is 38.9 Å². The molecule has 168 valence electrons. The predicted molar refractivity (Wildman–Crippen MR) is 118 cm³/mol. The number of hydrogen-bond donors (Lipinski definition) is 1. The first-order chi connectivity index (χ1) is 14.9. The Balaban J connectivity index is 1.80. The van der Waals surface area contributed by atoms with Gasteiger partial charge in [0.2, 0.25) is 10.0 Å². The molecule has 0 saturated carbocycles. The van der Waals surface area contributed by atoms with Crippen molar-refractivity contribution in [1.82, 2.24) is 0 Å². The molecule has 0 aliphatic heterocycles. The maximum absolute atomic E-state index is 13.0. The van der Waals surface area contributed by atoms with Gasteiger partial charge in [-0.25, -0.2) is 8.42 Å². The maximum Gasteiger partial charge on any atom is 0.417 e. The molecule has 32 heavy (non-hydrogen) atoms. The molecule has 0 aromatic heterocycles. The second kappa shape index (κ2) is 9.22. The van der Waals surface area contributed by atoms with Crippen LogP contribution in [0.1, 0.15) is 21.5 Å². The van der Waals surface area contributed by atoms with E-state index in [1.54, 1.807) is 24.3 Å². The fourth-order valence-electron chi connectivity index (χ4n) is 2.95. The lowest BCUT2D eigenvalue weighted by Crippen LogP contribution is -2.29. The van der Waals surface area contributed by atoms with Gasteiger partial charge in [0.15, 0.2) is 0 Å². The third-order valence-corrected chi connectivity index (χ3v) is 5.99. The molecule has 0 unspecified atom stereocenters. The molecule has 0 heterocycles. The van der Waals surface area contributed by atoms with Crippen molar-refractivity contribution in [2.24, 2.45) is 0 Å². The highest BCUT2D eigenvalue weighted by atomic mass is 35.5. The summed E-state index contributed by atoms with van der Waals surface area (Å²) in [4.78, 5) is 12.5. The quantitative estimate of drug-likeness (QED) is 0.499. The molecule has 3 aromatic rings. The lowest BCUT2D eigenvalue weighted by Gasteiger charge is -2.22. The smallest absolute Gasteiger partial charge is 0.322 e. The van der Waals surface area contributed by atoms with E-state index in [0.717, 1.165) is 24.0 Å². The normalized spacial score (nSPS) is 11.8. The molecule has 0 saturated heterocycles. The molecule has 0 bridgehead atoms. The fourth-order valence-corrected chi connectivity index (χ4v) is 4.06. The van der Waals surface area contributed by atoms with Gasteiger partial charge in [-0.05, 0) is 48.0 Å². The van der Waals surface area contributed by atoms with Crippen LogP contribution in [0.15, 0.2) is 72.8 Å². The van der Waals surface area contributed by atoms with Crippen molar-refractivity contribution in [1.29, 1.82) is 0 Å². The van der Waals surface area contributed by atoms with Gasteiger partial charge < -0.3 is 5.32 Å². The number of rotatable bonds is 6. The van der Waals surface area contributed by atoms with Crippen molar-refractivity contribution in [2.75, 3.05) is 15.9 Å². The summed E-state index contributed by atoms with van der Waals surface area (Å²) in [7, 11) is -3.61. The van der Waals surface area contributed by atoms with Gasteiger partial charge in [0.1, 0.15) is 0 Å². The molecule has 3 aromatic carbocycles.